The second-order valence-corrected chi connectivity index (χ2v) is 7.87. The maximum Gasteiger partial charge on any atom is 0.262 e. The number of aryl methyl sites for hydroxylation is 2. The van der Waals surface area contributed by atoms with Crippen LogP contribution in [0, 0.1) is 19.8 Å². The third-order valence-corrected chi connectivity index (χ3v) is 5.97. The van der Waals surface area contributed by atoms with E-state index in [1.807, 2.05) is 13.8 Å². The lowest BCUT2D eigenvalue weighted by Crippen LogP contribution is -2.40. The molecule has 1 aliphatic carbocycles. The number of hydrogen-bond acceptors (Lipinski definition) is 4. The molecular formula is C17H23N3O2S. The van der Waals surface area contributed by atoms with Crippen molar-refractivity contribution in [1.29, 1.82) is 0 Å². The minimum absolute atomic E-state index is 0.0438. The molecule has 0 unspecified atom stereocenters. The Bertz CT molecular complexity index is 785. The predicted octanol–water partition coefficient (Wildman–Crippen LogP) is 2.77. The monoisotopic (exact) mass is 333 g/mol. The molecule has 124 valence electrons. The van der Waals surface area contributed by atoms with Crippen molar-refractivity contribution >= 4 is 27.5 Å². The Morgan fingerprint density at radius 3 is 2.74 bits per heavy atom. The first-order valence-corrected chi connectivity index (χ1v) is 9.02. The van der Waals surface area contributed by atoms with Crippen LogP contribution in [-0.2, 0) is 11.3 Å². The summed E-state index contributed by atoms with van der Waals surface area (Å²) in [7, 11) is 0. The number of thiophene rings is 1. The van der Waals surface area contributed by atoms with Crippen LogP contribution in [0.25, 0.3) is 10.2 Å². The molecule has 2 heterocycles. The highest BCUT2D eigenvalue weighted by atomic mass is 32.1. The number of amides is 1. The highest BCUT2D eigenvalue weighted by Crippen LogP contribution is 2.25. The predicted molar refractivity (Wildman–Crippen MR) is 92.9 cm³/mol. The normalized spacial score (nSPS) is 21.5. The van der Waals surface area contributed by atoms with Gasteiger partial charge in [-0.05, 0) is 51.0 Å². The second-order valence-electron chi connectivity index (χ2n) is 6.67. The van der Waals surface area contributed by atoms with Gasteiger partial charge >= 0.3 is 0 Å². The zero-order chi connectivity index (χ0) is 16.6. The zero-order valence-corrected chi connectivity index (χ0v) is 14.7. The summed E-state index contributed by atoms with van der Waals surface area (Å²) >= 11 is 1.52. The molecule has 23 heavy (non-hydrogen) atoms. The topological polar surface area (TPSA) is 64.0 Å². The smallest absolute Gasteiger partial charge is 0.262 e. The van der Waals surface area contributed by atoms with E-state index in [-0.39, 0.29) is 24.1 Å². The lowest BCUT2D eigenvalue weighted by atomic mass is 9.87. The molecule has 1 N–H and O–H groups in total. The Hall–Kier alpha value is -1.69. The Kier molecular flexibility index (Phi) is 4.53. The van der Waals surface area contributed by atoms with E-state index in [9.17, 15) is 9.59 Å². The van der Waals surface area contributed by atoms with E-state index in [1.165, 1.54) is 22.2 Å². The van der Waals surface area contributed by atoms with Gasteiger partial charge in [-0.1, -0.05) is 6.92 Å². The minimum atomic E-state index is -0.121. The molecule has 2 aromatic heterocycles. The van der Waals surface area contributed by atoms with Gasteiger partial charge in [0, 0.05) is 10.9 Å². The fraction of sp³-hybridized carbons (Fsp3) is 0.588. The van der Waals surface area contributed by atoms with Gasteiger partial charge in [-0.2, -0.15) is 0 Å². The summed E-state index contributed by atoms with van der Waals surface area (Å²) in [6.07, 6.45) is 5.87. The Morgan fingerprint density at radius 2 is 2.04 bits per heavy atom. The van der Waals surface area contributed by atoms with Gasteiger partial charge in [-0.25, -0.2) is 4.98 Å². The van der Waals surface area contributed by atoms with E-state index in [2.05, 4.69) is 17.2 Å². The van der Waals surface area contributed by atoms with E-state index in [0.717, 1.165) is 46.9 Å². The minimum Gasteiger partial charge on any atom is -0.352 e. The molecule has 0 aromatic carbocycles. The second kappa shape index (κ2) is 6.43. The van der Waals surface area contributed by atoms with Crippen LogP contribution >= 0.6 is 11.3 Å². The summed E-state index contributed by atoms with van der Waals surface area (Å²) in [5.74, 6) is 0.652. The van der Waals surface area contributed by atoms with Crippen LogP contribution in [0.15, 0.2) is 11.1 Å². The molecule has 5 nitrogen and oxygen atoms in total. The molecule has 0 atom stereocenters. The Morgan fingerprint density at radius 1 is 1.35 bits per heavy atom. The first kappa shape index (κ1) is 16.2. The lowest BCUT2D eigenvalue weighted by Gasteiger charge is -2.26. The average molecular weight is 333 g/mol. The molecule has 1 aliphatic rings. The van der Waals surface area contributed by atoms with Crippen molar-refractivity contribution in [3.8, 4) is 0 Å². The van der Waals surface area contributed by atoms with E-state index in [0.29, 0.717) is 5.39 Å². The molecule has 0 spiro atoms. The van der Waals surface area contributed by atoms with Gasteiger partial charge in [-0.15, -0.1) is 11.3 Å². The van der Waals surface area contributed by atoms with Gasteiger partial charge in [0.2, 0.25) is 5.91 Å². The standard InChI is InChI=1S/C17H23N3O2S/c1-10-4-6-13(7-5-10)19-14(21)8-20-9-18-16-15(17(20)22)11(2)12(3)23-16/h9-10,13H,4-8H2,1-3H3,(H,19,21). The third kappa shape index (κ3) is 3.32. The van der Waals surface area contributed by atoms with Crippen LogP contribution in [0.4, 0.5) is 0 Å². The van der Waals surface area contributed by atoms with E-state index in [4.69, 9.17) is 0 Å². The number of carbonyl (C=O) groups excluding carboxylic acids is 1. The zero-order valence-electron chi connectivity index (χ0n) is 13.9. The fourth-order valence-electron chi connectivity index (χ4n) is 3.22. The summed E-state index contributed by atoms with van der Waals surface area (Å²) in [4.78, 5) is 31.0. The summed E-state index contributed by atoms with van der Waals surface area (Å²) in [5.41, 5.74) is 0.850. The summed E-state index contributed by atoms with van der Waals surface area (Å²) in [6.45, 7) is 6.22. The molecule has 0 radical (unpaired) electrons. The Balaban J connectivity index is 1.74. The first-order valence-electron chi connectivity index (χ1n) is 8.20. The molecule has 1 saturated carbocycles. The number of nitrogens with zero attached hydrogens (tertiary/aromatic N) is 2. The SMILES string of the molecule is Cc1sc2ncn(CC(=O)NC3CCC(C)CC3)c(=O)c2c1C. The lowest BCUT2D eigenvalue weighted by molar-refractivity contribution is -0.122. The summed E-state index contributed by atoms with van der Waals surface area (Å²) < 4.78 is 1.42. The first-order chi connectivity index (χ1) is 11.0. The quantitative estimate of drug-likeness (QED) is 0.939. The van der Waals surface area contributed by atoms with Gasteiger partial charge in [0.1, 0.15) is 11.4 Å². The molecule has 6 heteroatoms. The number of fused-ring (bicyclic) bond motifs is 1. The molecular weight excluding hydrogens is 310 g/mol. The van der Waals surface area contributed by atoms with Crippen LogP contribution in [0.2, 0.25) is 0 Å². The van der Waals surface area contributed by atoms with Crippen molar-refractivity contribution < 1.29 is 4.79 Å². The van der Waals surface area contributed by atoms with Crippen LogP contribution in [-0.4, -0.2) is 21.5 Å². The number of hydrogen-bond donors (Lipinski definition) is 1. The fourth-order valence-corrected chi connectivity index (χ4v) is 4.20. The van der Waals surface area contributed by atoms with Gasteiger partial charge < -0.3 is 5.32 Å². The third-order valence-electron chi connectivity index (χ3n) is 4.85. The number of rotatable bonds is 3. The van der Waals surface area contributed by atoms with Crippen LogP contribution in [0.5, 0.6) is 0 Å². The van der Waals surface area contributed by atoms with Crippen molar-refractivity contribution in [2.45, 2.75) is 59.0 Å². The van der Waals surface area contributed by atoms with Crippen LogP contribution < -0.4 is 10.9 Å². The van der Waals surface area contributed by atoms with E-state index < -0.39 is 0 Å². The number of carbonyl (C=O) groups is 1. The van der Waals surface area contributed by atoms with Crippen LogP contribution in [0.1, 0.15) is 43.0 Å². The van der Waals surface area contributed by atoms with Gasteiger partial charge in [0.25, 0.3) is 5.56 Å². The molecule has 0 bridgehead atoms. The highest BCUT2D eigenvalue weighted by Gasteiger charge is 2.20. The Labute approximate surface area is 139 Å². The maximum atomic E-state index is 12.6. The van der Waals surface area contributed by atoms with Crippen molar-refractivity contribution in [2.75, 3.05) is 0 Å². The molecule has 3 rings (SSSR count). The van der Waals surface area contributed by atoms with Crippen molar-refractivity contribution in [3.05, 3.63) is 27.1 Å². The molecule has 0 saturated heterocycles. The number of nitrogens with one attached hydrogen (secondary N) is 1. The molecule has 1 fully saturated rings. The van der Waals surface area contributed by atoms with Crippen molar-refractivity contribution in [3.63, 3.8) is 0 Å². The molecule has 1 amide bonds. The van der Waals surface area contributed by atoms with E-state index in [1.54, 1.807) is 0 Å². The van der Waals surface area contributed by atoms with Gasteiger partial charge in [0.05, 0.1) is 11.7 Å². The maximum absolute atomic E-state index is 12.6. The van der Waals surface area contributed by atoms with Gasteiger partial charge in [0.15, 0.2) is 0 Å². The molecule has 0 aliphatic heterocycles. The largest absolute Gasteiger partial charge is 0.352 e. The van der Waals surface area contributed by atoms with Crippen molar-refractivity contribution in [1.82, 2.24) is 14.9 Å². The van der Waals surface area contributed by atoms with Gasteiger partial charge in [-0.3, -0.25) is 14.2 Å². The average Bonchev–Trinajstić information content (AvgIpc) is 2.80. The summed E-state index contributed by atoms with van der Waals surface area (Å²) in [6, 6.07) is 0.247. The number of aromatic nitrogens is 2. The van der Waals surface area contributed by atoms with Crippen LogP contribution in [0.3, 0.4) is 0 Å². The van der Waals surface area contributed by atoms with E-state index >= 15 is 0 Å². The molecule has 2 aromatic rings. The summed E-state index contributed by atoms with van der Waals surface area (Å²) in [5, 5.41) is 3.71. The highest BCUT2D eigenvalue weighted by molar-refractivity contribution is 7.18. The van der Waals surface area contributed by atoms with Crippen molar-refractivity contribution in [2.24, 2.45) is 5.92 Å².